The largest absolute Gasteiger partial charge is 0.472 e. The summed E-state index contributed by atoms with van der Waals surface area (Å²) in [5.41, 5.74) is 0. The van der Waals surface area contributed by atoms with E-state index in [1.165, 1.54) is 0 Å². The summed E-state index contributed by atoms with van der Waals surface area (Å²) in [5.74, 6) is -0.213. The molecule has 1 amide bonds. The number of phosphoric ester groups is 1. The summed E-state index contributed by atoms with van der Waals surface area (Å²) in [5, 5.41) is 13.5. The average molecular weight is 840 g/mol. The number of unbranched alkanes of at least 4 members (excludes halogenated alkanes) is 7. The van der Waals surface area contributed by atoms with Crippen LogP contribution in [0, 0.1) is 0 Å². The molecule has 0 aromatic heterocycles. The van der Waals surface area contributed by atoms with Crippen molar-refractivity contribution in [3.05, 3.63) is 122 Å². The van der Waals surface area contributed by atoms with Crippen LogP contribution < -0.4 is 5.32 Å². The van der Waals surface area contributed by atoms with Crippen molar-refractivity contribution in [3.8, 4) is 0 Å². The van der Waals surface area contributed by atoms with Crippen LogP contribution in [0.2, 0.25) is 0 Å². The van der Waals surface area contributed by atoms with E-state index in [1.807, 2.05) is 27.2 Å². The number of allylic oxidation sites excluding steroid dienone is 19. The molecule has 59 heavy (non-hydrogen) atoms. The van der Waals surface area contributed by atoms with Crippen molar-refractivity contribution < 1.29 is 32.9 Å². The van der Waals surface area contributed by atoms with E-state index in [1.54, 1.807) is 6.08 Å². The number of nitrogens with one attached hydrogen (secondary N) is 1. The molecular formula is C50H84N2O6P+. The molecule has 3 atom stereocenters. The van der Waals surface area contributed by atoms with Gasteiger partial charge in [-0.05, 0) is 83.5 Å². The second-order valence-corrected chi connectivity index (χ2v) is 17.1. The van der Waals surface area contributed by atoms with E-state index in [2.05, 4.69) is 129 Å². The van der Waals surface area contributed by atoms with Crippen LogP contribution in [0.1, 0.15) is 136 Å². The van der Waals surface area contributed by atoms with Crippen molar-refractivity contribution in [2.75, 3.05) is 40.9 Å². The van der Waals surface area contributed by atoms with Gasteiger partial charge < -0.3 is 19.8 Å². The summed E-state index contributed by atoms with van der Waals surface area (Å²) in [4.78, 5) is 22.8. The summed E-state index contributed by atoms with van der Waals surface area (Å²) in [6, 6.07) is -0.861. The summed E-state index contributed by atoms with van der Waals surface area (Å²) in [6.45, 7) is 4.48. The topological polar surface area (TPSA) is 105 Å². The summed E-state index contributed by atoms with van der Waals surface area (Å²) >= 11 is 0. The molecule has 0 rings (SSSR count). The van der Waals surface area contributed by atoms with Gasteiger partial charge in [0.1, 0.15) is 13.2 Å². The van der Waals surface area contributed by atoms with Gasteiger partial charge in [-0.1, -0.05) is 167 Å². The molecule has 0 aromatic carbocycles. The molecule has 0 spiro atoms. The van der Waals surface area contributed by atoms with E-state index >= 15 is 0 Å². The smallest absolute Gasteiger partial charge is 0.387 e. The first-order chi connectivity index (χ1) is 28.5. The van der Waals surface area contributed by atoms with Crippen LogP contribution in [0.4, 0.5) is 0 Å². The predicted molar refractivity (Wildman–Crippen MR) is 253 cm³/mol. The molecule has 0 saturated heterocycles. The van der Waals surface area contributed by atoms with E-state index in [-0.39, 0.29) is 19.1 Å². The zero-order valence-corrected chi connectivity index (χ0v) is 38.6. The zero-order chi connectivity index (χ0) is 43.6. The lowest BCUT2D eigenvalue weighted by molar-refractivity contribution is -0.870. The highest BCUT2D eigenvalue weighted by atomic mass is 31.2. The van der Waals surface area contributed by atoms with E-state index in [9.17, 15) is 19.4 Å². The molecule has 3 N–H and O–H groups in total. The number of hydrogen-bond acceptors (Lipinski definition) is 5. The highest BCUT2D eigenvalue weighted by Gasteiger charge is 2.27. The van der Waals surface area contributed by atoms with Gasteiger partial charge in [-0.3, -0.25) is 13.8 Å². The number of rotatable bonds is 38. The molecule has 0 saturated carbocycles. The molecule has 0 fully saturated rings. The van der Waals surface area contributed by atoms with Gasteiger partial charge in [0.2, 0.25) is 5.91 Å². The third-order valence-electron chi connectivity index (χ3n) is 8.94. The number of quaternary nitrogens is 1. The fourth-order valence-corrected chi connectivity index (χ4v) is 6.10. The number of carbonyl (C=O) groups excluding carboxylic acids is 1. The molecule has 0 radical (unpaired) electrons. The van der Waals surface area contributed by atoms with Gasteiger partial charge in [0.25, 0.3) is 0 Å². The van der Waals surface area contributed by atoms with Crippen LogP contribution in [-0.4, -0.2) is 73.4 Å². The van der Waals surface area contributed by atoms with Crippen LogP contribution in [0.5, 0.6) is 0 Å². The zero-order valence-electron chi connectivity index (χ0n) is 37.7. The highest BCUT2D eigenvalue weighted by Crippen LogP contribution is 2.43. The summed E-state index contributed by atoms with van der Waals surface area (Å²) in [7, 11) is 1.53. The van der Waals surface area contributed by atoms with E-state index in [4.69, 9.17) is 9.05 Å². The van der Waals surface area contributed by atoms with Gasteiger partial charge in [-0.15, -0.1) is 0 Å². The molecule has 0 heterocycles. The fraction of sp³-hybridized carbons (Fsp3) is 0.580. The molecule has 3 unspecified atom stereocenters. The Balaban J connectivity index is 4.07. The third kappa shape index (κ3) is 42.8. The molecule has 0 bridgehead atoms. The van der Waals surface area contributed by atoms with Crippen LogP contribution >= 0.6 is 7.82 Å². The maximum Gasteiger partial charge on any atom is 0.472 e. The van der Waals surface area contributed by atoms with Gasteiger partial charge in [0.05, 0.1) is 39.9 Å². The van der Waals surface area contributed by atoms with Crippen molar-refractivity contribution in [3.63, 3.8) is 0 Å². The Morgan fingerprint density at radius 3 is 1.47 bits per heavy atom. The first-order valence-electron chi connectivity index (χ1n) is 22.4. The van der Waals surface area contributed by atoms with E-state index < -0.39 is 20.0 Å². The number of hydrogen-bond donors (Lipinski definition) is 3. The number of likely N-dealkylation sites (N-methyl/N-ethyl adjacent to an activating group) is 1. The molecular weight excluding hydrogens is 756 g/mol. The normalized spacial score (nSPS) is 15.4. The number of phosphoric acid groups is 1. The van der Waals surface area contributed by atoms with Gasteiger partial charge in [0, 0.05) is 6.42 Å². The van der Waals surface area contributed by atoms with Crippen LogP contribution in [0.15, 0.2) is 122 Å². The van der Waals surface area contributed by atoms with Crippen molar-refractivity contribution >= 4 is 13.7 Å². The predicted octanol–water partition coefficient (Wildman–Crippen LogP) is 12.7. The Bertz CT molecular complexity index is 1370. The average Bonchev–Trinajstić information content (AvgIpc) is 3.19. The lowest BCUT2D eigenvalue weighted by atomic mass is 10.1. The Labute approximate surface area is 361 Å². The van der Waals surface area contributed by atoms with Crippen molar-refractivity contribution in [1.82, 2.24) is 5.32 Å². The Kier molecular flexibility index (Phi) is 38.2. The molecule has 0 aliphatic carbocycles. The third-order valence-corrected chi connectivity index (χ3v) is 9.92. The standard InChI is InChI=1S/C50H83N2O6P/c1-6-8-10-12-13-14-15-16-17-18-19-20-21-22-23-24-25-26-27-28-29-30-31-32-33-34-35-36-37-38-39-40-42-44-50(54)51-48(49(53)43-41-11-9-7-2)47-58-59(55,56)57-46-45-52(3,4)5/h8,10,13-14,16-17,19-20,22-23,25-26,28-29,31-32,34-35,41,43,48-49,53H,6-7,9,11-12,15,18,21,24,27,30,33,36-40,42,44-47H2,1-5H3,(H-,51,54,55,56)/p+1/b10-8-,14-13-,17-16-,20-19-,23-22-,26-25-,29-28-,32-31-,35-34-,43-41+. The minimum atomic E-state index is -4.33. The van der Waals surface area contributed by atoms with Gasteiger partial charge in [0.15, 0.2) is 0 Å². The molecule has 0 aliphatic heterocycles. The van der Waals surface area contributed by atoms with Crippen LogP contribution in [-0.2, 0) is 18.4 Å². The van der Waals surface area contributed by atoms with Crippen LogP contribution in [0.25, 0.3) is 0 Å². The molecule has 9 heteroatoms. The van der Waals surface area contributed by atoms with Crippen molar-refractivity contribution in [2.45, 2.75) is 148 Å². The van der Waals surface area contributed by atoms with Gasteiger partial charge in [-0.2, -0.15) is 0 Å². The van der Waals surface area contributed by atoms with Gasteiger partial charge in [-0.25, -0.2) is 4.57 Å². The van der Waals surface area contributed by atoms with E-state index in [0.717, 1.165) is 116 Å². The lowest BCUT2D eigenvalue weighted by Gasteiger charge is -2.25. The minimum absolute atomic E-state index is 0.0488. The molecule has 0 aromatic rings. The monoisotopic (exact) mass is 840 g/mol. The number of amides is 1. The lowest BCUT2D eigenvalue weighted by Crippen LogP contribution is -2.45. The van der Waals surface area contributed by atoms with Gasteiger partial charge >= 0.3 is 7.82 Å². The first-order valence-corrected chi connectivity index (χ1v) is 23.9. The van der Waals surface area contributed by atoms with E-state index in [0.29, 0.717) is 17.4 Å². The number of carbonyl (C=O) groups is 1. The summed E-state index contributed by atoms with van der Waals surface area (Å²) < 4.78 is 23.3. The molecule has 334 valence electrons. The molecule has 8 nitrogen and oxygen atoms in total. The first kappa shape index (κ1) is 55.9. The number of nitrogens with zero attached hydrogens (tertiary/aromatic N) is 1. The van der Waals surface area contributed by atoms with Crippen molar-refractivity contribution in [1.29, 1.82) is 0 Å². The maximum absolute atomic E-state index is 12.7. The summed E-state index contributed by atoms with van der Waals surface area (Å²) in [6.07, 6.45) is 60.6. The van der Waals surface area contributed by atoms with Crippen molar-refractivity contribution in [2.24, 2.45) is 0 Å². The quantitative estimate of drug-likeness (QED) is 0.0248. The number of aliphatic hydroxyl groups is 1. The fourth-order valence-electron chi connectivity index (χ4n) is 5.37. The second-order valence-electron chi connectivity index (χ2n) is 15.7. The minimum Gasteiger partial charge on any atom is -0.387 e. The number of aliphatic hydroxyl groups excluding tert-OH is 1. The Hall–Kier alpha value is -3.10. The SMILES string of the molecule is CC/C=C\C/C=C\C/C=C\C/C=C\C/C=C\C/C=C\C/C=C\C/C=C\C/C=C\CCCCCCCC(=O)NC(COP(=O)(O)OCC[N+](C)(C)C)C(O)/C=C/CCCC. The maximum atomic E-state index is 12.7. The Morgan fingerprint density at radius 1 is 0.593 bits per heavy atom. The van der Waals surface area contributed by atoms with Crippen LogP contribution in [0.3, 0.4) is 0 Å². The Morgan fingerprint density at radius 2 is 1.02 bits per heavy atom. The highest BCUT2D eigenvalue weighted by molar-refractivity contribution is 7.47. The second kappa shape index (κ2) is 40.3. The molecule has 0 aliphatic rings.